The summed E-state index contributed by atoms with van der Waals surface area (Å²) in [5, 5.41) is 1.53. The molecular formula is C16H14Br2Cl2N2Na2O8P2. The van der Waals surface area contributed by atoms with E-state index >= 15 is 0 Å². The predicted octanol–water partition coefficient (Wildman–Crippen LogP) is 4.81. The van der Waals surface area contributed by atoms with Crippen LogP contribution in [-0.2, 0) is 9.13 Å². The Morgan fingerprint density at radius 3 is 1.32 bits per heavy atom. The summed E-state index contributed by atoms with van der Waals surface area (Å²) in [6.45, 7) is 0. The van der Waals surface area contributed by atoms with E-state index in [-0.39, 0.29) is 70.6 Å². The van der Waals surface area contributed by atoms with Crippen LogP contribution in [0.4, 0.5) is 0 Å². The SMILES string of the molecule is O=P(O)(O)Oc1c[nH]c2ccc(Br)c(Cl)c12.O=P(O)(O)Oc1c[nH]c2ccc(Br)c(Cl)c12.[NaH].[NaH]. The van der Waals surface area contributed by atoms with Crippen LogP contribution in [0.1, 0.15) is 0 Å². The summed E-state index contributed by atoms with van der Waals surface area (Å²) < 4.78 is 31.8. The van der Waals surface area contributed by atoms with Gasteiger partial charge >= 0.3 is 74.8 Å². The number of hydrogen-bond donors (Lipinski definition) is 6. The number of halogens is 4. The van der Waals surface area contributed by atoms with Gasteiger partial charge in [0.05, 0.1) is 31.9 Å². The fourth-order valence-corrected chi connectivity index (χ4v) is 4.63. The summed E-state index contributed by atoms with van der Waals surface area (Å²) in [5.74, 6) is 0.0456. The first-order chi connectivity index (χ1) is 14.8. The Bertz CT molecular complexity index is 1300. The number of aromatic nitrogens is 2. The second-order valence-electron chi connectivity index (χ2n) is 6.04. The zero-order valence-electron chi connectivity index (χ0n) is 15.3. The van der Waals surface area contributed by atoms with Crippen molar-refractivity contribution in [3.63, 3.8) is 0 Å². The molecule has 0 saturated carbocycles. The quantitative estimate of drug-likeness (QED) is 0.130. The third-order valence-corrected chi connectivity index (χ3v) is 7.27. The molecule has 0 atom stereocenters. The standard InChI is InChI=1S/2C8H6BrClNO4P.2Na.2H/c2*9-4-1-2-5-7(8(4)10)6(3-11-5)15-16(12,13)14;;;;/h2*1-3,11H,(H2,12,13,14);;;;. The van der Waals surface area contributed by atoms with Gasteiger partial charge in [-0.15, -0.1) is 0 Å². The molecule has 0 aliphatic rings. The van der Waals surface area contributed by atoms with Gasteiger partial charge in [-0.05, 0) is 56.1 Å². The van der Waals surface area contributed by atoms with Crippen molar-refractivity contribution in [2.24, 2.45) is 0 Å². The molecule has 0 unspecified atom stereocenters. The molecule has 2 heterocycles. The topological polar surface area (TPSA) is 165 Å². The van der Waals surface area contributed by atoms with Crippen LogP contribution in [0.3, 0.4) is 0 Å². The number of aromatic amines is 2. The van der Waals surface area contributed by atoms with E-state index < -0.39 is 15.6 Å². The van der Waals surface area contributed by atoms with E-state index in [0.717, 1.165) is 0 Å². The molecule has 0 aliphatic carbocycles. The molecule has 4 aromatic rings. The van der Waals surface area contributed by atoms with Crippen molar-refractivity contribution in [2.75, 3.05) is 0 Å². The van der Waals surface area contributed by atoms with Crippen LogP contribution >= 0.6 is 70.7 Å². The van der Waals surface area contributed by atoms with Gasteiger partial charge in [0.2, 0.25) is 0 Å². The molecule has 0 saturated heterocycles. The fraction of sp³-hybridized carbons (Fsp3) is 0. The van der Waals surface area contributed by atoms with E-state index in [9.17, 15) is 9.13 Å². The molecule has 2 aromatic carbocycles. The summed E-state index contributed by atoms with van der Waals surface area (Å²) in [6, 6.07) is 6.89. The number of nitrogens with one attached hydrogen (secondary N) is 2. The number of phosphoric acid groups is 2. The molecule has 0 radical (unpaired) electrons. The average Bonchev–Trinajstić information content (AvgIpc) is 3.24. The summed E-state index contributed by atoms with van der Waals surface area (Å²) in [6.07, 6.45) is 2.70. The molecule has 2 aromatic heterocycles. The van der Waals surface area contributed by atoms with E-state index in [1.165, 1.54) is 12.4 Å². The first kappa shape index (κ1) is 33.0. The molecule has 18 heteroatoms. The van der Waals surface area contributed by atoms with Gasteiger partial charge < -0.3 is 19.0 Å². The minimum atomic E-state index is -4.59. The van der Waals surface area contributed by atoms with Crippen LogP contribution in [0, 0.1) is 0 Å². The van der Waals surface area contributed by atoms with Crippen molar-refractivity contribution in [1.82, 2.24) is 9.97 Å². The van der Waals surface area contributed by atoms with Gasteiger partial charge in [-0.2, -0.15) is 0 Å². The molecule has 0 fully saturated rings. The molecule has 176 valence electrons. The van der Waals surface area contributed by atoms with Gasteiger partial charge in [0.15, 0.2) is 11.5 Å². The van der Waals surface area contributed by atoms with Crippen molar-refractivity contribution in [2.45, 2.75) is 0 Å². The number of fused-ring (bicyclic) bond motifs is 2. The van der Waals surface area contributed by atoms with Crippen molar-refractivity contribution < 1.29 is 37.8 Å². The minimum absolute atomic E-state index is 0. The third-order valence-electron chi connectivity index (χ3n) is 3.83. The Morgan fingerprint density at radius 2 is 1.03 bits per heavy atom. The van der Waals surface area contributed by atoms with Crippen molar-refractivity contribution in [1.29, 1.82) is 0 Å². The van der Waals surface area contributed by atoms with E-state index in [4.69, 9.17) is 42.8 Å². The molecule has 0 aliphatic heterocycles. The van der Waals surface area contributed by atoms with Gasteiger partial charge in [-0.3, -0.25) is 19.6 Å². The first-order valence-electron chi connectivity index (χ1n) is 8.17. The van der Waals surface area contributed by atoms with Crippen LogP contribution in [-0.4, -0.2) is 88.7 Å². The number of rotatable bonds is 4. The Balaban J connectivity index is 0.000000321. The zero-order chi connectivity index (χ0) is 23.8. The number of H-pyrrole nitrogens is 2. The van der Waals surface area contributed by atoms with Gasteiger partial charge in [0.1, 0.15) is 0 Å². The van der Waals surface area contributed by atoms with Crippen molar-refractivity contribution >= 4 is 152 Å². The Hall–Kier alpha value is 0.960. The predicted molar refractivity (Wildman–Crippen MR) is 142 cm³/mol. The molecular weight excluding hydrogens is 687 g/mol. The van der Waals surface area contributed by atoms with E-state index in [1.807, 2.05) is 0 Å². The van der Waals surface area contributed by atoms with Crippen LogP contribution < -0.4 is 9.05 Å². The van der Waals surface area contributed by atoms with Crippen LogP contribution in [0.2, 0.25) is 10.0 Å². The second-order valence-corrected chi connectivity index (χ2v) is 10.8. The number of benzene rings is 2. The Kier molecular flexibility index (Phi) is 12.8. The van der Waals surface area contributed by atoms with Gasteiger partial charge in [0.25, 0.3) is 0 Å². The fourth-order valence-electron chi connectivity index (χ4n) is 2.65. The van der Waals surface area contributed by atoms with Crippen LogP contribution in [0.25, 0.3) is 21.8 Å². The molecule has 34 heavy (non-hydrogen) atoms. The average molecular weight is 701 g/mol. The van der Waals surface area contributed by atoms with Gasteiger partial charge in [-0.1, -0.05) is 23.2 Å². The Morgan fingerprint density at radius 1 is 0.706 bits per heavy atom. The maximum absolute atomic E-state index is 10.7. The number of hydrogen-bond acceptors (Lipinski definition) is 4. The van der Waals surface area contributed by atoms with Gasteiger partial charge in [-0.25, -0.2) is 9.13 Å². The Labute approximate surface area is 263 Å². The van der Waals surface area contributed by atoms with Crippen LogP contribution in [0.15, 0.2) is 45.6 Å². The molecule has 6 N–H and O–H groups in total. The van der Waals surface area contributed by atoms with Crippen molar-refractivity contribution in [3.8, 4) is 11.5 Å². The summed E-state index contributed by atoms with van der Waals surface area (Å²) in [4.78, 5) is 40.5. The van der Waals surface area contributed by atoms with E-state index in [2.05, 4.69) is 50.9 Å². The molecule has 4 rings (SSSR count). The van der Waals surface area contributed by atoms with Crippen LogP contribution in [0.5, 0.6) is 11.5 Å². The third kappa shape index (κ3) is 8.49. The first-order valence-corrected chi connectivity index (χ1v) is 13.6. The molecule has 0 amide bonds. The van der Waals surface area contributed by atoms with Gasteiger partial charge in [0, 0.05) is 21.3 Å². The molecule has 10 nitrogen and oxygen atoms in total. The number of phosphoric ester groups is 2. The summed E-state index contributed by atoms with van der Waals surface area (Å²) in [7, 11) is -9.18. The summed E-state index contributed by atoms with van der Waals surface area (Å²) >= 11 is 18.4. The van der Waals surface area contributed by atoms with E-state index in [1.54, 1.807) is 24.3 Å². The molecule has 0 bridgehead atoms. The monoisotopic (exact) mass is 698 g/mol. The maximum atomic E-state index is 10.7. The second kappa shape index (κ2) is 13.2. The zero-order valence-corrected chi connectivity index (χ0v) is 21.8. The normalized spacial score (nSPS) is 11.3. The summed E-state index contributed by atoms with van der Waals surface area (Å²) in [5.41, 5.74) is 1.27. The van der Waals surface area contributed by atoms with E-state index in [0.29, 0.717) is 40.8 Å². The van der Waals surface area contributed by atoms with Crippen molar-refractivity contribution in [3.05, 3.63) is 55.6 Å². The molecule has 0 spiro atoms.